The van der Waals surface area contributed by atoms with E-state index in [2.05, 4.69) is 10.6 Å². The molecule has 0 radical (unpaired) electrons. The Morgan fingerprint density at radius 2 is 1.38 bits per heavy atom. The van der Waals surface area contributed by atoms with Gasteiger partial charge in [0.1, 0.15) is 5.70 Å². The van der Waals surface area contributed by atoms with Crippen LogP contribution in [0.2, 0.25) is 0 Å². The zero-order valence-corrected chi connectivity index (χ0v) is 19.9. The zero-order chi connectivity index (χ0) is 24.6. The van der Waals surface area contributed by atoms with E-state index in [1.165, 1.54) is 11.8 Å². The summed E-state index contributed by atoms with van der Waals surface area (Å²) >= 11 is 0. The summed E-state index contributed by atoms with van der Waals surface area (Å²) < 4.78 is 0. The monoisotopic (exact) mass is 453 g/mol. The first-order valence-corrected chi connectivity index (χ1v) is 11.1. The molecule has 6 nitrogen and oxygen atoms in total. The normalized spacial score (nSPS) is 13.5. The summed E-state index contributed by atoms with van der Waals surface area (Å²) in [7, 11) is 0. The van der Waals surface area contributed by atoms with Gasteiger partial charge in [-0.1, -0.05) is 24.3 Å². The SMILES string of the molecule is CC(=O)Nc1ccc(C2=C(Nc3cc(C)cc(C)c3)C(=O)N(c3ccc(C)c(C)c3)C2=O)cc1. The molecule has 3 aromatic carbocycles. The number of amides is 3. The maximum atomic E-state index is 13.6. The van der Waals surface area contributed by atoms with Gasteiger partial charge in [0.15, 0.2) is 0 Å². The smallest absolute Gasteiger partial charge is 0.282 e. The van der Waals surface area contributed by atoms with Gasteiger partial charge >= 0.3 is 0 Å². The van der Waals surface area contributed by atoms with Crippen LogP contribution in [0.25, 0.3) is 5.57 Å². The highest BCUT2D eigenvalue weighted by Crippen LogP contribution is 2.35. The van der Waals surface area contributed by atoms with Crippen molar-refractivity contribution >= 4 is 40.4 Å². The van der Waals surface area contributed by atoms with Crippen LogP contribution in [0.4, 0.5) is 17.1 Å². The lowest BCUT2D eigenvalue weighted by Gasteiger charge is -2.17. The van der Waals surface area contributed by atoms with Gasteiger partial charge in [-0.25, -0.2) is 4.90 Å². The van der Waals surface area contributed by atoms with Crippen molar-refractivity contribution < 1.29 is 14.4 Å². The van der Waals surface area contributed by atoms with Crippen LogP contribution in [0.5, 0.6) is 0 Å². The maximum Gasteiger partial charge on any atom is 0.282 e. The van der Waals surface area contributed by atoms with Gasteiger partial charge in [0, 0.05) is 18.3 Å². The molecule has 0 saturated heterocycles. The summed E-state index contributed by atoms with van der Waals surface area (Å²) in [5, 5.41) is 5.94. The number of anilines is 3. The van der Waals surface area contributed by atoms with Gasteiger partial charge in [0.2, 0.25) is 5.91 Å². The van der Waals surface area contributed by atoms with E-state index in [-0.39, 0.29) is 17.2 Å². The highest BCUT2D eigenvalue weighted by molar-refractivity contribution is 6.46. The van der Waals surface area contributed by atoms with Gasteiger partial charge in [0.25, 0.3) is 11.8 Å². The lowest BCUT2D eigenvalue weighted by molar-refractivity contribution is -0.120. The molecule has 4 rings (SSSR count). The van der Waals surface area contributed by atoms with E-state index < -0.39 is 11.8 Å². The van der Waals surface area contributed by atoms with Crippen molar-refractivity contribution in [2.24, 2.45) is 0 Å². The third kappa shape index (κ3) is 4.48. The largest absolute Gasteiger partial charge is 0.350 e. The van der Waals surface area contributed by atoms with Gasteiger partial charge in [-0.2, -0.15) is 0 Å². The molecule has 0 aliphatic carbocycles. The van der Waals surface area contributed by atoms with Crippen molar-refractivity contribution in [1.29, 1.82) is 0 Å². The molecule has 0 unspecified atom stereocenters. The van der Waals surface area contributed by atoms with E-state index >= 15 is 0 Å². The van der Waals surface area contributed by atoms with E-state index in [1.54, 1.807) is 30.3 Å². The fraction of sp³-hybridized carbons (Fsp3) is 0.179. The number of imide groups is 1. The Morgan fingerprint density at radius 1 is 0.735 bits per heavy atom. The lowest BCUT2D eigenvalue weighted by atomic mass is 10.0. The topological polar surface area (TPSA) is 78.5 Å². The first-order valence-electron chi connectivity index (χ1n) is 11.1. The molecule has 0 atom stereocenters. The lowest BCUT2D eigenvalue weighted by Crippen LogP contribution is -2.32. The van der Waals surface area contributed by atoms with Crippen LogP contribution in [0, 0.1) is 27.7 Å². The molecule has 0 bridgehead atoms. The Morgan fingerprint density at radius 3 is 1.97 bits per heavy atom. The molecular formula is C28H27N3O3. The minimum Gasteiger partial charge on any atom is -0.350 e. The van der Waals surface area contributed by atoms with Gasteiger partial charge in [-0.3, -0.25) is 14.4 Å². The van der Waals surface area contributed by atoms with E-state index in [0.29, 0.717) is 16.9 Å². The van der Waals surface area contributed by atoms with E-state index in [0.717, 1.165) is 27.9 Å². The third-order valence-electron chi connectivity index (χ3n) is 5.82. The Balaban J connectivity index is 1.81. The molecule has 0 aromatic heterocycles. The third-order valence-corrected chi connectivity index (χ3v) is 5.82. The molecule has 6 heteroatoms. The highest BCUT2D eigenvalue weighted by atomic mass is 16.2. The molecule has 3 aromatic rings. The van der Waals surface area contributed by atoms with Crippen molar-refractivity contribution in [1.82, 2.24) is 0 Å². The van der Waals surface area contributed by atoms with Gasteiger partial charge in [-0.05, 0) is 91.9 Å². The number of carbonyl (C=O) groups excluding carboxylic acids is 3. The van der Waals surface area contributed by atoms with Crippen LogP contribution in [0.3, 0.4) is 0 Å². The number of benzene rings is 3. The number of nitrogens with zero attached hydrogens (tertiary/aromatic N) is 1. The van der Waals surface area contributed by atoms with Crippen LogP contribution >= 0.6 is 0 Å². The molecule has 172 valence electrons. The number of rotatable bonds is 5. The van der Waals surface area contributed by atoms with Crippen molar-refractivity contribution in [3.05, 3.63) is 94.2 Å². The predicted octanol–water partition coefficient (Wildman–Crippen LogP) is 5.28. The van der Waals surface area contributed by atoms with E-state index in [4.69, 9.17) is 0 Å². The number of hydrogen-bond acceptors (Lipinski definition) is 4. The van der Waals surface area contributed by atoms with Gasteiger partial charge < -0.3 is 10.6 Å². The minimum atomic E-state index is -0.409. The molecule has 0 saturated carbocycles. The van der Waals surface area contributed by atoms with Crippen LogP contribution in [0.15, 0.2) is 66.4 Å². The second-order valence-electron chi connectivity index (χ2n) is 8.72. The van der Waals surface area contributed by atoms with Crippen molar-refractivity contribution in [2.45, 2.75) is 34.6 Å². The number of nitrogens with one attached hydrogen (secondary N) is 2. The number of hydrogen-bond donors (Lipinski definition) is 2. The second kappa shape index (κ2) is 8.98. The standard InChI is InChI=1S/C28H27N3O3/c1-16-12-17(2)14-23(13-16)30-26-25(21-7-9-22(10-8-21)29-20(5)32)27(33)31(28(26)34)24-11-6-18(3)19(4)15-24/h6-15,30H,1-5H3,(H,29,32). The summed E-state index contributed by atoms with van der Waals surface area (Å²) in [6.45, 7) is 9.34. The fourth-order valence-corrected chi connectivity index (χ4v) is 4.13. The number of carbonyl (C=O) groups is 3. The maximum absolute atomic E-state index is 13.6. The first-order chi connectivity index (χ1) is 16.1. The fourth-order valence-electron chi connectivity index (χ4n) is 4.13. The summed E-state index contributed by atoms with van der Waals surface area (Å²) in [6.07, 6.45) is 0. The minimum absolute atomic E-state index is 0.183. The van der Waals surface area contributed by atoms with Gasteiger partial charge in [0.05, 0.1) is 11.3 Å². The molecule has 1 aliphatic heterocycles. The Labute approximate surface area is 199 Å². The summed E-state index contributed by atoms with van der Waals surface area (Å²) in [5.74, 6) is -0.988. The Hall–Kier alpha value is -4.19. The molecule has 1 aliphatic rings. The molecule has 2 N–H and O–H groups in total. The molecule has 0 fully saturated rings. The Kier molecular flexibility index (Phi) is 6.07. The van der Waals surface area contributed by atoms with Crippen LogP contribution in [-0.4, -0.2) is 17.7 Å². The Bertz CT molecular complexity index is 1330. The summed E-state index contributed by atoms with van der Waals surface area (Å²) in [4.78, 5) is 39.9. The average Bonchev–Trinajstić information content (AvgIpc) is 2.99. The van der Waals surface area contributed by atoms with E-state index in [9.17, 15) is 14.4 Å². The molecule has 34 heavy (non-hydrogen) atoms. The van der Waals surface area contributed by atoms with Crippen LogP contribution in [-0.2, 0) is 14.4 Å². The summed E-state index contributed by atoms with van der Waals surface area (Å²) in [6, 6.07) is 18.4. The predicted molar refractivity (Wildman–Crippen MR) is 136 cm³/mol. The number of aryl methyl sites for hydroxylation is 4. The van der Waals surface area contributed by atoms with Crippen LogP contribution < -0.4 is 15.5 Å². The quantitative estimate of drug-likeness (QED) is 0.516. The molecule has 1 heterocycles. The second-order valence-corrected chi connectivity index (χ2v) is 8.72. The average molecular weight is 454 g/mol. The molecule has 0 spiro atoms. The highest BCUT2D eigenvalue weighted by Gasteiger charge is 2.40. The van der Waals surface area contributed by atoms with Crippen LogP contribution in [0.1, 0.15) is 34.7 Å². The van der Waals surface area contributed by atoms with Crippen molar-refractivity contribution in [3.63, 3.8) is 0 Å². The zero-order valence-electron chi connectivity index (χ0n) is 19.9. The first kappa shape index (κ1) is 23.0. The van der Waals surface area contributed by atoms with Crippen molar-refractivity contribution in [3.8, 4) is 0 Å². The van der Waals surface area contributed by atoms with Gasteiger partial charge in [-0.15, -0.1) is 0 Å². The van der Waals surface area contributed by atoms with Crippen molar-refractivity contribution in [2.75, 3.05) is 15.5 Å². The summed E-state index contributed by atoms with van der Waals surface area (Å²) in [5.41, 5.74) is 7.16. The molecule has 3 amide bonds. The molecular weight excluding hydrogens is 426 g/mol. The van der Waals surface area contributed by atoms with E-state index in [1.807, 2.05) is 58.0 Å².